The predicted molar refractivity (Wildman–Crippen MR) is 39.3 cm³/mol. The van der Waals surface area contributed by atoms with Gasteiger partial charge in [0.2, 0.25) is 0 Å². The average Bonchev–Trinajstić information content (AvgIpc) is 1.88. The highest BCUT2D eigenvalue weighted by atomic mass is 32.2. The van der Waals surface area contributed by atoms with Gasteiger partial charge in [0.15, 0.2) is 0 Å². The number of thioether (sulfide) groups is 1. The summed E-state index contributed by atoms with van der Waals surface area (Å²) in [6.07, 6.45) is 3.60. The topological polar surface area (TPSA) is 20.2 Å². The summed E-state index contributed by atoms with van der Waals surface area (Å²) in [4.78, 5) is 0.981. The molecule has 1 N–H and O–H groups in total. The monoisotopic (exact) mass is 139 g/mol. The minimum absolute atomic E-state index is 0.295. The van der Waals surface area contributed by atoms with E-state index >= 15 is 0 Å². The molecule has 1 aromatic rings. The van der Waals surface area contributed by atoms with Gasteiger partial charge in [0.25, 0.3) is 0 Å². The smallest absolute Gasteiger partial charge is 0.116 e. The van der Waals surface area contributed by atoms with Gasteiger partial charge in [-0.2, -0.15) is 0 Å². The number of rotatable bonds is 1. The fraction of sp³-hybridized carbons (Fsp3) is 0. The normalized spacial score (nSPS) is 9.44. The van der Waals surface area contributed by atoms with Gasteiger partial charge in [-0.25, -0.2) is 0 Å². The number of phenolic OH excluding ortho intramolecular Hbond substituents is 1. The molecule has 47 valence electrons. The van der Waals surface area contributed by atoms with E-state index in [4.69, 9.17) is 5.11 Å². The summed E-state index contributed by atoms with van der Waals surface area (Å²) in [6.45, 7) is 0. The first-order valence-electron chi connectivity index (χ1n) is 2.54. The van der Waals surface area contributed by atoms with E-state index in [1.165, 1.54) is 11.8 Å². The quantitative estimate of drug-likeness (QED) is 0.602. The lowest BCUT2D eigenvalue weighted by atomic mass is 10.3. The van der Waals surface area contributed by atoms with Gasteiger partial charge in [0, 0.05) is 11.2 Å². The van der Waals surface area contributed by atoms with Crippen LogP contribution in [0.3, 0.4) is 0 Å². The Kier molecular flexibility index (Phi) is 2.01. The first kappa shape index (κ1) is 6.49. The Balaban J connectivity index is 2.94. The van der Waals surface area contributed by atoms with Crippen LogP contribution >= 0.6 is 11.8 Å². The van der Waals surface area contributed by atoms with Crippen LogP contribution in [-0.2, 0) is 0 Å². The van der Waals surface area contributed by atoms with E-state index in [1.807, 2.05) is 6.07 Å². The van der Waals surface area contributed by atoms with Crippen molar-refractivity contribution < 1.29 is 5.11 Å². The molecule has 0 aliphatic rings. The van der Waals surface area contributed by atoms with E-state index in [9.17, 15) is 0 Å². The van der Waals surface area contributed by atoms with Gasteiger partial charge in [-0.1, -0.05) is 6.07 Å². The zero-order chi connectivity index (χ0) is 6.69. The Morgan fingerprint density at radius 1 is 1.44 bits per heavy atom. The van der Waals surface area contributed by atoms with Crippen molar-refractivity contribution in [1.82, 2.24) is 0 Å². The van der Waals surface area contributed by atoms with E-state index in [1.54, 1.807) is 18.2 Å². The number of aromatic hydroxyl groups is 1. The Labute approximate surface area is 58.7 Å². The van der Waals surface area contributed by atoms with Gasteiger partial charge in [0.1, 0.15) is 5.75 Å². The van der Waals surface area contributed by atoms with Crippen LogP contribution in [0.1, 0.15) is 0 Å². The molecule has 0 atom stereocenters. The fourth-order valence-electron chi connectivity index (χ4n) is 0.573. The second kappa shape index (κ2) is 2.78. The molecule has 0 aromatic heterocycles. The van der Waals surface area contributed by atoms with Crippen LogP contribution in [0.2, 0.25) is 0 Å². The lowest BCUT2D eigenvalue weighted by Gasteiger charge is -1.93. The van der Waals surface area contributed by atoms with Crippen LogP contribution in [0.15, 0.2) is 29.2 Å². The number of phenols is 1. The van der Waals surface area contributed by atoms with Gasteiger partial charge in [-0.3, -0.25) is 0 Å². The molecule has 0 aliphatic carbocycles. The zero-order valence-corrected chi connectivity index (χ0v) is 5.69. The number of benzene rings is 1. The molecule has 0 saturated heterocycles. The van der Waals surface area contributed by atoms with Crippen LogP contribution < -0.4 is 0 Å². The second-order valence-electron chi connectivity index (χ2n) is 1.64. The second-order valence-corrected chi connectivity index (χ2v) is 2.40. The molecule has 1 aromatic carbocycles. The highest BCUT2D eigenvalue weighted by Gasteiger charge is 1.88. The van der Waals surface area contributed by atoms with E-state index in [2.05, 4.69) is 6.26 Å². The molecule has 1 nitrogen and oxygen atoms in total. The van der Waals surface area contributed by atoms with Crippen LogP contribution in [0.4, 0.5) is 0 Å². The largest absolute Gasteiger partial charge is 0.508 e. The van der Waals surface area contributed by atoms with Crippen molar-refractivity contribution in [3.63, 3.8) is 0 Å². The highest BCUT2D eigenvalue weighted by molar-refractivity contribution is 8.00. The van der Waals surface area contributed by atoms with E-state index in [0.29, 0.717) is 5.75 Å². The lowest BCUT2D eigenvalue weighted by Crippen LogP contribution is -1.65. The first-order valence-corrected chi connectivity index (χ1v) is 3.52. The third-order valence-corrected chi connectivity index (χ3v) is 1.57. The summed E-state index contributed by atoms with van der Waals surface area (Å²) >= 11 is 1.37. The summed E-state index contributed by atoms with van der Waals surface area (Å²) in [6, 6.07) is 7.01. The lowest BCUT2D eigenvalue weighted by molar-refractivity contribution is 0.474. The van der Waals surface area contributed by atoms with Crippen LogP contribution in [-0.4, -0.2) is 5.11 Å². The van der Waals surface area contributed by atoms with Gasteiger partial charge in [0.05, 0.1) is 0 Å². The van der Waals surface area contributed by atoms with Crippen molar-refractivity contribution in [2.45, 2.75) is 4.90 Å². The third-order valence-electron chi connectivity index (χ3n) is 0.984. The van der Waals surface area contributed by atoms with Crippen molar-refractivity contribution in [3.05, 3.63) is 30.5 Å². The zero-order valence-electron chi connectivity index (χ0n) is 4.87. The molecular formula is C7H7OS. The molecule has 0 saturated carbocycles. The van der Waals surface area contributed by atoms with Crippen LogP contribution in [0, 0.1) is 6.26 Å². The van der Waals surface area contributed by atoms with Gasteiger partial charge >= 0.3 is 0 Å². The Hall–Kier alpha value is -0.630. The number of hydrogen-bond acceptors (Lipinski definition) is 2. The average molecular weight is 139 g/mol. The minimum atomic E-state index is 0.295. The van der Waals surface area contributed by atoms with Gasteiger partial charge in [-0.15, -0.1) is 11.8 Å². The minimum Gasteiger partial charge on any atom is -0.508 e. The standard InChI is InChI=1S/C7H7OS/c1-9-7-4-2-3-6(8)5-7/h2-5,8H,1H2. The maximum absolute atomic E-state index is 8.90. The van der Waals surface area contributed by atoms with Gasteiger partial charge in [-0.05, 0) is 18.2 Å². The predicted octanol–water partition coefficient (Wildman–Crippen LogP) is 2.28. The Morgan fingerprint density at radius 2 is 2.22 bits per heavy atom. The van der Waals surface area contributed by atoms with Crippen molar-refractivity contribution in [2.24, 2.45) is 0 Å². The molecule has 0 fully saturated rings. The first-order chi connectivity index (χ1) is 4.33. The summed E-state index contributed by atoms with van der Waals surface area (Å²) in [5, 5.41) is 8.90. The molecule has 1 radical (unpaired) electrons. The maximum Gasteiger partial charge on any atom is 0.116 e. The molecule has 0 bridgehead atoms. The van der Waals surface area contributed by atoms with Crippen LogP contribution in [0.25, 0.3) is 0 Å². The highest BCUT2D eigenvalue weighted by Crippen LogP contribution is 2.19. The van der Waals surface area contributed by atoms with Crippen LogP contribution in [0.5, 0.6) is 5.75 Å². The van der Waals surface area contributed by atoms with E-state index in [0.717, 1.165) is 4.90 Å². The Morgan fingerprint density at radius 3 is 2.67 bits per heavy atom. The molecule has 0 spiro atoms. The molecule has 2 heteroatoms. The summed E-state index contributed by atoms with van der Waals surface area (Å²) in [7, 11) is 0. The summed E-state index contributed by atoms with van der Waals surface area (Å²) < 4.78 is 0. The molecule has 1 rings (SSSR count). The molecule has 0 unspecified atom stereocenters. The summed E-state index contributed by atoms with van der Waals surface area (Å²) in [5.74, 6) is 0.295. The molecule has 0 heterocycles. The van der Waals surface area contributed by atoms with Gasteiger partial charge < -0.3 is 5.11 Å². The number of hydrogen-bond donors (Lipinski definition) is 1. The van der Waals surface area contributed by atoms with Crippen molar-refractivity contribution in [3.8, 4) is 5.75 Å². The van der Waals surface area contributed by atoms with Crippen molar-refractivity contribution >= 4 is 11.8 Å². The Bertz CT molecular complexity index is 198. The van der Waals surface area contributed by atoms with E-state index < -0.39 is 0 Å². The summed E-state index contributed by atoms with van der Waals surface area (Å²) in [5.41, 5.74) is 0. The molecule has 0 aliphatic heterocycles. The van der Waals surface area contributed by atoms with Crippen molar-refractivity contribution in [2.75, 3.05) is 0 Å². The third kappa shape index (κ3) is 1.64. The molecule has 0 amide bonds. The van der Waals surface area contributed by atoms with Crippen molar-refractivity contribution in [1.29, 1.82) is 0 Å². The van der Waals surface area contributed by atoms with E-state index in [-0.39, 0.29) is 0 Å². The SMILES string of the molecule is [CH2]Sc1cccc(O)c1. The molecule has 9 heavy (non-hydrogen) atoms. The fourth-order valence-corrected chi connectivity index (χ4v) is 0.952. The maximum atomic E-state index is 8.90. The molecular weight excluding hydrogens is 132 g/mol.